The molecule has 0 aliphatic rings. The SMILES string of the molecule is CCC(N)Cc1cc(Br)cc(C)c1OCCCC#N. The van der Waals surface area contributed by atoms with Crippen LogP contribution in [-0.4, -0.2) is 12.6 Å². The number of ether oxygens (including phenoxy) is 1. The van der Waals surface area contributed by atoms with Gasteiger partial charge in [-0.3, -0.25) is 0 Å². The summed E-state index contributed by atoms with van der Waals surface area (Å²) in [6.45, 7) is 4.69. The standard InChI is InChI=1S/C15H21BrN2O/c1-3-14(18)10-12-9-13(16)8-11(2)15(12)19-7-5-4-6-17/h8-9,14H,3-5,7,10,18H2,1-2H3. The van der Waals surface area contributed by atoms with Crippen LogP contribution in [0.25, 0.3) is 0 Å². The molecule has 0 saturated heterocycles. The summed E-state index contributed by atoms with van der Waals surface area (Å²) in [5.74, 6) is 0.921. The summed E-state index contributed by atoms with van der Waals surface area (Å²) in [5.41, 5.74) is 8.28. The number of nitrogens with two attached hydrogens (primary N) is 1. The first-order valence-electron chi connectivity index (χ1n) is 6.62. The van der Waals surface area contributed by atoms with Gasteiger partial charge in [0.25, 0.3) is 0 Å². The molecule has 0 aromatic heterocycles. The van der Waals surface area contributed by atoms with Gasteiger partial charge in [0.05, 0.1) is 12.7 Å². The van der Waals surface area contributed by atoms with E-state index in [9.17, 15) is 0 Å². The van der Waals surface area contributed by atoms with Crippen molar-refractivity contribution in [1.29, 1.82) is 5.26 Å². The van der Waals surface area contributed by atoms with Crippen LogP contribution >= 0.6 is 15.9 Å². The van der Waals surface area contributed by atoms with Gasteiger partial charge in [0.15, 0.2) is 0 Å². The molecule has 1 atom stereocenters. The fraction of sp³-hybridized carbons (Fsp3) is 0.533. The van der Waals surface area contributed by atoms with Crippen molar-refractivity contribution in [3.8, 4) is 11.8 Å². The largest absolute Gasteiger partial charge is 0.493 e. The zero-order chi connectivity index (χ0) is 14.3. The van der Waals surface area contributed by atoms with E-state index in [1.54, 1.807) is 0 Å². The van der Waals surface area contributed by atoms with Gasteiger partial charge in [-0.25, -0.2) is 0 Å². The molecular formula is C15H21BrN2O. The van der Waals surface area contributed by atoms with E-state index in [0.29, 0.717) is 13.0 Å². The smallest absolute Gasteiger partial charge is 0.125 e. The highest BCUT2D eigenvalue weighted by molar-refractivity contribution is 9.10. The summed E-state index contributed by atoms with van der Waals surface area (Å²) in [5, 5.41) is 8.53. The summed E-state index contributed by atoms with van der Waals surface area (Å²) in [6, 6.07) is 6.39. The third kappa shape index (κ3) is 5.22. The van der Waals surface area contributed by atoms with Crippen molar-refractivity contribution in [3.63, 3.8) is 0 Å². The Labute approximate surface area is 123 Å². The van der Waals surface area contributed by atoms with Crippen LogP contribution in [0.3, 0.4) is 0 Å². The van der Waals surface area contributed by atoms with Crippen molar-refractivity contribution in [1.82, 2.24) is 0 Å². The fourth-order valence-corrected chi connectivity index (χ4v) is 2.53. The predicted octanol–water partition coefficient (Wildman–Crippen LogP) is 3.72. The van der Waals surface area contributed by atoms with Gasteiger partial charge in [-0.15, -0.1) is 0 Å². The highest BCUT2D eigenvalue weighted by atomic mass is 79.9. The average molecular weight is 325 g/mol. The number of rotatable bonds is 7. The fourth-order valence-electron chi connectivity index (χ4n) is 1.91. The number of nitriles is 1. The molecule has 2 N–H and O–H groups in total. The van der Waals surface area contributed by atoms with Crippen LogP contribution in [0.2, 0.25) is 0 Å². The van der Waals surface area contributed by atoms with Crippen molar-refractivity contribution >= 4 is 15.9 Å². The van der Waals surface area contributed by atoms with E-state index in [4.69, 9.17) is 15.7 Å². The molecule has 0 bridgehead atoms. The molecule has 1 rings (SSSR count). The molecule has 1 unspecified atom stereocenters. The Bertz CT molecular complexity index is 454. The lowest BCUT2D eigenvalue weighted by Crippen LogP contribution is -2.22. The Kier molecular flexibility index (Phi) is 6.90. The molecule has 0 spiro atoms. The van der Waals surface area contributed by atoms with Crippen molar-refractivity contribution in [3.05, 3.63) is 27.7 Å². The number of unbranched alkanes of at least 4 members (excludes halogenated alkanes) is 1. The Morgan fingerprint density at radius 3 is 2.84 bits per heavy atom. The van der Waals surface area contributed by atoms with Crippen LogP contribution in [-0.2, 0) is 6.42 Å². The normalized spacial score (nSPS) is 11.9. The molecule has 0 fully saturated rings. The Hall–Kier alpha value is -1.05. The average Bonchev–Trinajstić information content (AvgIpc) is 2.36. The van der Waals surface area contributed by atoms with Gasteiger partial charge in [0.2, 0.25) is 0 Å². The van der Waals surface area contributed by atoms with Gasteiger partial charge >= 0.3 is 0 Å². The zero-order valence-corrected chi connectivity index (χ0v) is 13.2. The lowest BCUT2D eigenvalue weighted by atomic mass is 10.0. The minimum Gasteiger partial charge on any atom is -0.493 e. The Morgan fingerprint density at radius 2 is 2.21 bits per heavy atom. The minimum atomic E-state index is 0.148. The maximum Gasteiger partial charge on any atom is 0.125 e. The summed E-state index contributed by atoms with van der Waals surface area (Å²) in [6.07, 6.45) is 3.04. The number of halogens is 1. The first kappa shape index (κ1) is 16.0. The molecule has 0 amide bonds. The van der Waals surface area contributed by atoms with Crippen LogP contribution in [0.1, 0.15) is 37.3 Å². The number of aryl methyl sites for hydroxylation is 1. The van der Waals surface area contributed by atoms with Crippen LogP contribution in [0.4, 0.5) is 0 Å². The van der Waals surface area contributed by atoms with E-state index in [1.165, 1.54) is 0 Å². The summed E-state index contributed by atoms with van der Waals surface area (Å²) >= 11 is 3.51. The maximum atomic E-state index is 8.53. The van der Waals surface area contributed by atoms with Gasteiger partial charge < -0.3 is 10.5 Å². The summed E-state index contributed by atoms with van der Waals surface area (Å²) in [7, 11) is 0. The lowest BCUT2D eigenvalue weighted by Gasteiger charge is -2.17. The molecule has 1 aromatic carbocycles. The summed E-state index contributed by atoms with van der Waals surface area (Å²) in [4.78, 5) is 0. The molecule has 0 saturated carbocycles. The topological polar surface area (TPSA) is 59.0 Å². The van der Waals surface area contributed by atoms with Crippen LogP contribution in [0, 0.1) is 18.3 Å². The molecule has 19 heavy (non-hydrogen) atoms. The van der Waals surface area contributed by atoms with Crippen molar-refractivity contribution in [2.45, 2.75) is 45.6 Å². The Balaban J connectivity index is 2.84. The molecule has 104 valence electrons. The second kappa shape index (κ2) is 8.19. The highest BCUT2D eigenvalue weighted by Gasteiger charge is 2.12. The lowest BCUT2D eigenvalue weighted by molar-refractivity contribution is 0.306. The second-order valence-corrected chi connectivity index (χ2v) is 5.61. The van der Waals surface area contributed by atoms with Crippen LogP contribution in [0.5, 0.6) is 5.75 Å². The molecule has 3 nitrogen and oxygen atoms in total. The van der Waals surface area contributed by atoms with Crippen LogP contribution in [0.15, 0.2) is 16.6 Å². The summed E-state index contributed by atoms with van der Waals surface area (Å²) < 4.78 is 6.89. The number of nitrogens with zero attached hydrogens (tertiary/aromatic N) is 1. The van der Waals surface area contributed by atoms with E-state index >= 15 is 0 Å². The quantitative estimate of drug-likeness (QED) is 0.777. The third-order valence-corrected chi connectivity index (χ3v) is 3.46. The monoisotopic (exact) mass is 324 g/mol. The number of hydrogen-bond acceptors (Lipinski definition) is 3. The van der Waals surface area contributed by atoms with Crippen molar-refractivity contribution in [2.24, 2.45) is 5.73 Å². The van der Waals surface area contributed by atoms with Crippen LogP contribution < -0.4 is 10.5 Å². The molecular weight excluding hydrogens is 304 g/mol. The molecule has 0 aliphatic carbocycles. The number of hydrogen-bond donors (Lipinski definition) is 1. The van der Waals surface area contributed by atoms with Crippen molar-refractivity contribution in [2.75, 3.05) is 6.61 Å². The second-order valence-electron chi connectivity index (χ2n) is 4.69. The highest BCUT2D eigenvalue weighted by Crippen LogP contribution is 2.29. The zero-order valence-electron chi connectivity index (χ0n) is 11.6. The van der Waals surface area contributed by atoms with E-state index in [2.05, 4.69) is 35.0 Å². The maximum absolute atomic E-state index is 8.53. The van der Waals surface area contributed by atoms with E-state index in [0.717, 1.165) is 40.6 Å². The Morgan fingerprint density at radius 1 is 1.47 bits per heavy atom. The first-order valence-corrected chi connectivity index (χ1v) is 7.42. The van der Waals surface area contributed by atoms with Crippen molar-refractivity contribution < 1.29 is 4.74 Å². The van der Waals surface area contributed by atoms with Gasteiger partial charge in [0.1, 0.15) is 5.75 Å². The third-order valence-electron chi connectivity index (χ3n) is 3.00. The van der Waals surface area contributed by atoms with Gasteiger partial charge in [0, 0.05) is 16.9 Å². The number of benzene rings is 1. The van der Waals surface area contributed by atoms with Gasteiger partial charge in [-0.2, -0.15) is 5.26 Å². The molecule has 0 heterocycles. The molecule has 4 heteroatoms. The molecule has 0 aliphatic heterocycles. The van der Waals surface area contributed by atoms with E-state index < -0.39 is 0 Å². The molecule has 1 aromatic rings. The van der Waals surface area contributed by atoms with Gasteiger partial charge in [-0.1, -0.05) is 22.9 Å². The van der Waals surface area contributed by atoms with E-state index in [-0.39, 0.29) is 6.04 Å². The first-order chi connectivity index (χ1) is 9.08. The van der Waals surface area contributed by atoms with Gasteiger partial charge in [-0.05, 0) is 49.4 Å². The predicted molar refractivity (Wildman–Crippen MR) is 81.2 cm³/mol. The minimum absolute atomic E-state index is 0.148. The molecule has 0 radical (unpaired) electrons. The van der Waals surface area contributed by atoms with E-state index in [1.807, 2.05) is 13.0 Å².